The van der Waals surface area contributed by atoms with Gasteiger partial charge in [0, 0.05) is 0 Å². The molecule has 0 aliphatic rings. The second-order valence-corrected chi connectivity index (χ2v) is 11.2. The Balaban J connectivity index is 3.14. The van der Waals surface area contributed by atoms with Crippen LogP contribution in [0, 0.1) is 0 Å². The molecule has 4 nitrogen and oxygen atoms in total. The van der Waals surface area contributed by atoms with Crippen molar-refractivity contribution in [1.29, 1.82) is 0 Å². The van der Waals surface area contributed by atoms with Crippen molar-refractivity contribution in [3.63, 3.8) is 0 Å². The van der Waals surface area contributed by atoms with Gasteiger partial charge in [-0.1, -0.05) is 181 Å². The van der Waals surface area contributed by atoms with Crippen LogP contribution in [0.3, 0.4) is 0 Å². The number of carbonyl (C=O) groups excluding carboxylic acids is 1. The first-order valence-electron chi connectivity index (χ1n) is 16.8. The van der Waals surface area contributed by atoms with Crippen LogP contribution in [0.5, 0.6) is 0 Å². The van der Waals surface area contributed by atoms with Crippen molar-refractivity contribution in [3.8, 4) is 0 Å². The van der Waals surface area contributed by atoms with Crippen molar-refractivity contribution < 1.29 is 19.3 Å². The molecule has 0 amide bonds. The average Bonchev–Trinajstić information content (AvgIpc) is 2.90. The molecule has 4 heteroatoms. The third-order valence-electron chi connectivity index (χ3n) is 7.43. The molecular formula is C33H66O4. The number of ether oxygens (including phenoxy) is 1. The van der Waals surface area contributed by atoms with Crippen LogP contribution in [0.1, 0.15) is 194 Å². The summed E-state index contributed by atoms with van der Waals surface area (Å²) in [5.41, 5.74) is 0. The molecule has 0 aliphatic heterocycles. The Hall–Kier alpha value is -0.770. The topological polar surface area (TPSA) is 44.8 Å². The van der Waals surface area contributed by atoms with E-state index >= 15 is 0 Å². The van der Waals surface area contributed by atoms with Crippen molar-refractivity contribution in [2.24, 2.45) is 0 Å². The summed E-state index contributed by atoms with van der Waals surface area (Å²) < 4.78 is 5.09. The first-order valence-corrected chi connectivity index (χ1v) is 16.8. The summed E-state index contributed by atoms with van der Waals surface area (Å²) in [6.07, 6.45) is 36.4. The highest BCUT2D eigenvalue weighted by Gasteiger charge is 2.04. The first kappa shape index (κ1) is 36.2. The van der Waals surface area contributed by atoms with Crippen LogP contribution in [0.15, 0.2) is 0 Å². The molecule has 0 heterocycles. The second kappa shape index (κ2) is 33.3. The SMILES string of the molecule is CCCCCCCCCCCCCCCCOOC(=O)OCCCCCCCCCCCCCCCC. The van der Waals surface area contributed by atoms with Gasteiger partial charge in [0.2, 0.25) is 0 Å². The highest BCUT2D eigenvalue weighted by atomic mass is 17.2. The van der Waals surface area contributed by atoms with Gasteiger partial charge >= 0.3 is 6.16 Å². The zero-order valence-corrected chi connectivity index (χ0v) is 25.3. The predicted octanol–water partition coefficient (Wildman–Crippen LogP) is 12.0. The van der Waals surface area contributed by atoms with E-state index in [0.29, 0.717) is 13.2 Å². The molecule has 0 fully saturated rings. The molecule has 0 saturated heterocycles. The average molecular weight is 527 g/mol. The minimum atomic E-state index is -0.694. The quantitative estimate of drug-likeness (QED) is 0.0390. The molecule has 0 aromatic heterocycles. The fraction of sp³-hybridized carbons (Fsp3) is 0.970. The van der Waals surface area contributed by atoms with Crippen molar-refractivity contribution in [1.82, 2.24) is 0 Å². The lowest BCUT2D eigenvalue weighted by Gasteiger charge is -2.06. The van der Waals surface area contributed by atoms with Crippen LogP contribution in [0.25, 0.3) is 0 Å². The van der Waals surface area contributed by atoms with Crippen molar-refractivity contribution in [2.75, 3.05) is 13.2 Å². The molecule has 0 radical (unpaired) electrons. The summed E-state index contributed by atoms with van der Waals surface area (Å²) >= 11 is 0. The largest absolute Gasteiger partial charge is 0.540 e. The van der Waals surface area contributed by atoms with Gasteiger partial charge in [0.25, 0.3) is 0 Å². The summed E-state index contributed by atoms with van der Waals surface area (Å²) in [6, 6.07) is 0. The Kier molecular flexibility index (Phi) is 32.6. The van der Waals surface area contributed by atoms with Gasteiger partial charge in [-0.2, -0.15) is 4.89 Å². The Morgan fingerprint density at radius 3 is 0.973 bits per heavy atom. The lowest BCUT2D eigenvalue weighted by Crippen LogP contribution is -2.09. The molecule has 0 bridgehead atoms. The lowest BCUT2D eigenvalue weighted by molar-refractivity contribution is -0.255. The summed E-state index contributed by atoms with van der Waals surface area (Å²) in [7, 11) is 0. The van der Waals surface area contributed by atoms with Gasteiger partial charge in [0.15, 0.2) is 0 Å². The van der Waals surface area contributed by atoms with E-state index in [1.165, 1.54) is 154 Å². The number of hydrogen-bond donors (Lipinski definition) is 0. The molecule has 0 unspecified atom stereocenters. The summed E-state index contributed by atoms with van der Waals surface area (Å²) in [6.45, 7) is 5.45. The minimum Gasteiger partial charge on any atom is -0.432 e. The van der Waals surface area contributed by atoms with Gasteiger partial charge in [-0.25, -0.2) is 4.79 Å². The zero-order valence-electron chi connectivity index (χ0n) is 25.3. The number of unbranched alkanes of at least 4 members (excludes halogenated alkanes) is 26. The molecule has 37 heavy (non-hydrogen) atoms. The van der Waals surface area contributed by atoms with E-state index < -0.39 is 6.16 Å². The molecule has 0 saturated carbocycles. The molecule has 0 atom stereocenters. The van der Waals surface area contributed by atoms with Crippen LogP contribution >= 0.6 is 0 Å². The second-order valence-electron chi connectivity index (χ2n) is 11.2. The molecule has 0 aromatic carbocycles. The Bertz CT molecular complexity index is 427. The van der Waals surface area contributed by atoms with E-state index in [2.05, 4.69) is 13.8 Å². The van der Waals surface area contributed by atoms with Crippen molar-refractivity contribution in [3.05, 3.63) is 0 Å². The highest BCUT2D eigenvalue weighted by molar-refractivity contribution is 5.58. The Labute approximate surface area is 232 Å². The molecular weight excluding hydrogens is 460 g/mol. The predicted molar refractivity (Wildman–Crippen MR) is 159 cm³/mol. The van der Waals surface area contributed by atoms with E-state index in [9.17, 15) is 4.79 Å². The standard InChI is InChI=1S/C33H66O4/c1-3-5-7-9-11-13-15-17-19-21-23-25-27-29-31-35-33(34)37-36-32-30-28-26-24-22-20-18-16-14-12-10-8-6-4-2/h3-32H2,1-2H3. The Morgan fingerprint density at radius 2 is 0.649 bits per heavy atom. The van der Waals surface area contributed by atoms with E-state index in [-0.39, 0.29) is 0 Å². The molecule has 0 aromatic rings. The fourth-order valence-corrected chi connectivity index (χ4v) is 4.92. The first-order chi connectivity index (χ1) is 18.3. The summed E-state index contributed by atoms with van der Waals surface area (Å²) in [5, 5.41) is 0. The maximum atomic E-state index is 11.6. The molecule has 0 rings (SSSR count). The molecule has 222 valence electrons. The van der Waals surface area contributed by atoms with E-state index in [1.807, 2.05) is 0 Å². The van der Waals surface area contributed by atoms with Gasteiger partial charge in [0.05, 0.1) is 13.2 Å². The summed E-state index contributed by atoms with van der Waals surface area (Å²) in [5.74, 6) is 0. The number of hydrogen-bond acceptors (Lipinski definition) is 4. The van der Waals surface area contributed by atoms with Crippen LogP contribution < -0.4 is 0 Å². The van der Waals surface area contributed by atoms with Crippen LogP contribution in [0.2, 0.25) is 0 Å². The van der Waals surface area contributed by atoms with E-state index in [0.717, 1.165) is 25.7 Å². The monoisotopic (exact) mass is 526 g/mol. The fourth-order valence-electron chi connectivity index (χ4n) is 4.92. The highest BCUT2D eigenvalue weighted by Crippen LogP contribution is 2.14. The van der Waals surface area contributed by atoms with Crippen LogP contribution in [-0.4, -0.2) is 19.4 Å². The van der Waals surface area contributed by atoms with E-state index in [4.69, 9.17) is 14.5 Å². The molecule has 0 spiro atoms. The van der Waals surface area contributed by atoms with E-state index in [1.54, 1.807) is 0 Å². The lowest BCUT2D eigenvalue weighted by atomic mass is 10.0. The van der Waals surface area contributed by atoms with Crippen molar-refractivity contribution >= 4 is 6.16 Å². The minimum absolute atomic E-state index is 0.430. The van der Waals surface area contributed by atoms with Crippen LogP contribution in [-0.2, 0) is 14.5 Å². The summed E-state index contributed by atoms with van der Waals surface area (Å²) in [4.78, 5) is 21.3. The number of carbonyl (C=O) groups is 1. The van der Waals surface area contributed by atoms with Gasteiger partial charge in [0.1, 0.15) is 0 Å². The van der Waals surface area contributed by atoms with Gasteiger partial charge < -0.3 is 4.74 Å². The Morgan fingerprint density at radius 1 is 0.378 bits per heavy atom. The molecule has 0 aliphatic carbocycles. The maximum absolute atomic E-state index is 11.6. The third-order valence-corrected chi connectivity index (χ3v) is 7.43. The molecule has 0 N–H and O–H groups in total. The van der Waals surface area contributed by atoms with Crippen molar-refractivity contribution in [2.45, 2.75) is 194 Å². The normalized spacial score (nSPS) is 11.2. The van der Waals surface area contributed by atoms with Crippen LogP contribution in [0.4, 0.5) is 4.79 Å². The van der Waals surface area contributed by atoms with Gasteiger partial charge in [-0.15, -0.1) is 0 Å². The van der Waals surface area contributed by atoms with Gasteiger partial charge in [-0.05, 0) is 12.8 Å². The zero-order chi connectivity index (χ0) is 26.9. The maximum Gasteiger partial charge on any atom is 0.540 e. The smallest absolute Gasteiger partial charge is 0.432 e. The third kappa shape index (κ3) is 33.2. The van der Waals surface area contributed by atoms with Gasteiger partial charge in [-0.3, -0.25) is 4.89 Å². The number of rotatable bonds is 31.